The molecular weight excluding hydrogens is 400 g/mol. The zero-order valence-electron chi connectivity index (χ0n) is 17.4. The van der Waals surface area contributed by atoms with Gasteiger partial charge in [-0.25, -0.2) is 0 Å². The zero-order chi connectivity index (χ0) is 21.8. The summed E-state index contributed by atoms with van der Waals surface area (Å²) in [5.41, 5.74) is 3.25. The molecule has 0 radical (unpaired) electrons. The zero-order valence-corrected chi connectivity index (χ0v) is 18.3. The van der Waals surface area contributed by atoms with E-state index in [1.54, 1.807) is 18.2 Å². The minimum Gasteiger partial charge on any atom is -0.490 e. The number of rotatable bonds is 6. The monoisotopic (exact) mass is 424 g/mol. The number of ether oxygens (including phenoxy) is 2. The summed E-state index contributed by atoms with van der Waals surface area (Å²) in [7, 11) is 0. The molecule has 1 heterocycles. The van der Waals surface area contributed by atoms with Crippen LogP contribution in [0.3, 0.4) is 0 Å². The lowest BCUT2D eigenvalue weighted by Gasteiger charge is -2.29. The highest BCUT2D eigenvalue weighted by Crippen LogP contribution is 2.30. The Kier molecular flexibility index (Phi) is 6.52. The summed E-state index contributed by atoms with van der Waals surface area (Å²) in [5.74, 6) is 0.163. The number of nitrogens with one attached hydrogen (secondary N) is 1. The molecule has 3 rings (SSSR count). The molecule has 2 amide bonds. The average molecular weight is 425 g/mol. The van der Waals surface area contributed by atoms with Gasteiger partial charge in [-0.3, -0.25) is 19.8 Å². The summed E-state index contributed by atoms with van der Waals surface area (Å²) < 4.78 is 11.2. The first kappa shape index (κ1) is 21.5. The van der Waals surface area contributed by atoms with Gasteiger partial charge in [-0.1, -0.05) is 12.1 Å². The number of amides is 2. The highest BCUT2D eigenvalue weighted by Gasteiger charge is 2.34. The predicted molar refractivity (Wildman–Crippen MR) is 121 cm³/mol. The van der Waals surface area contributed by atoms with Gasteiger partial charge in [0.05, 0.1) is 18.9 Å². The number of aryl methyl sites for hydroxylation is 2. The van der Waals surface area contributed by atoms with Crippen molar-refractivity contribution in [1.82, 2.24) is 5.32 Å². The molecule has 0 aromatic heterocycles. The Hall–Kier alpha value is -3.19. The second-order valence-electron chi connectivity index (χ2n) is 6.88. The minimum absolute atomic E-state index is 0.00522. The normalized spacial score (nSPS) is 15.4. The summed E-state index contributed by atoms with van der Waals surface area (Å²) in [6.45, 7) is 8.62. The number of carbonyl (C=O) groups is 2. The van der Waals surface area contributed by atoms with Crippen LogP contribution < -0.4 is 19.7 Å². The maximum absolute atomic E-state index is 13.2. The van der Waals surface area contributed by atoms with E-state index in [0.717, 1.165) is 11.1 Å². The fourth-order valence-electron chi connectivity index (χ4n) is 3.30. The summed E-state index contributed by atoms with van der Waals surface area (Å²) in [6.07, 6.45) is 1.54. The molecule has 2 aromatic rings. The smallest absolute Gasteiger partial charge is 0.270 e. The van der Waals surface area contributed by atoms with E-state index in [1.165, 1.54) is 11.0 Å². The van der Waals surface area contributed by atoms with Crippen LogP contribution in [-0.4, -0.2) is 30.1 Å². The third-order valence-electron chi connectivity index (χ3n) is 4.44. The van der Waals surface area contributed by atoms with E-state index in [2.05, 4.69) is 5.32 Å². The number of hydrogen-bond donors (Lipinski definition) is 1. The molecule has 0 aliphatic carbocycles. The first-order valence-corrected chi connectivity index (χ1v) is 10.1. The third kappa shape index (κ3) is 4.52. The van der Waals surface area contributed by atoms with E-state index >= 15 is 0 Å². The van der Waals surface area contributed by atoms with E-state index in [4.69, 9.17) is 21.7 Å². The van der Waals surface area contributed by atoms with Gasteiger partial charge >= 0.3 is 0 Å². The van der Waals surface area contributed by atoms with Crippen LogP contribution in [0.15, 0.2) is 42.0 Å². The van der Waals surface area contributed by atoms with Gasteiger partial charge in [-0.2, -0.15) is 0 Å². The van der Waals surface area contributed by atoms with E-state index in [9.17, 15) is 9.59 Å². The quantitative estimate of drug-likeness (QED) is 0.432. The van der Waals surface area contributed by atoms with Crippen molar-refractivity contribution in [2.24, 2.45) is 0 Å². The molecule has 6 nitrogen and oxygen atoms in total. The molecule has 1 N–H and O–H groups in total. The van der Waals surface area contributed by atoms with Crippen LogP contribution in [0.2, 0.25) is 0 Å². The number of thiocarbonyl (C=S) groups is 1. The van der Waals surface area contributed by atoms with Gasteiger partial charge in [0.15, 0.2) is 16.6 Å². The minimum atomic E-state index is -0.530. The fourth-order valence-corrected chi connectivity index (χ4v) is 3.58. The molecule has 2 aromatic carbocycles. The topological polar surface area (TPSA) is 67.9 Å². The Morgan fingerprint density at radius 3 is 2.23 bits per heavy atom. The summed E-state index contributed by atoms with van der Waals surface area (Å²) in [4.78, 5) is 27.1. The highest BCUT2D eigenvalue weighted by molar-refractivity contribution is 7.80. The summed E-state index contributed by atoms with van der Waals surface area (Å²) in [5, 5.41) is 2.68. The maximum atomic E-state index is 13.2. The summed E-state index contributed by atoms with van der Waals surface area (Å²) >= 11 is 5.28. The van der Waals surface area contributed by atoms with Crippen molar-refractivity contribution < 1.29 is 19.1 Å². The Morgan fingerprint density at radius 1 is 0.967 bits per heavy atom. The second kappa shape index (κ2) is 9.09. The molecule has 1 fully saturated rings. The van der Waals surface area contributed by atoms with E-state index < -0.39 is 11.8 Å². The highest BCUT2D eigenvalue weighted by atomic mass is 32.1. The molecule has 156 valence electrons. The molecule has 0 unspecified atom stereocenters. The SMILES string of the molecule is CCOc1ccc(/C=C2\C(=O)NC(=S)N(c3cc(C)cc(C)c3)C2=O)cc1OCC. The van der Waals surface area contributed by atoms with Crippen LogP contribution in [0.5, 0.6) is 11.5 Å². The summed E-state index contributed by atoms with van der Waals surface area (Å²) in [6, 6.07) is 11.0. The van der Waals surface area contributed by atoms with Crippen molar-refractivity contribution in [2.75, 3.05) is 18.1 Å². The lowest BCUT2D eigenvalue weighted by Crippen LogP contribution is -2.54. The number of benzene rings is 2. The van der Waals surface area contributed by atoms with Crippen LogP contribution in [0.4, 0.5) is 5.69 Å². The van der Waals surface area contributed by atoms with Crippen molar-refractivity contribution in [3.05, 3.63) is 58.7 Å². The molecule has 1 saturated heterocycles. The molecule has 0 atom stereocenters. The van der Waals surface area contributed by atoms with Crippen LogP contribution in [0.25, 0.3) is 6.08 Å². The van der Waals surface area contributed by atoms with Crippen molar-refractivity contribution >= 4 is 40.9 Å². The molecule has 0 spiro atoms. The van der Waals surface area contributed by atoms with Gasteiger partial charge < -0.3 is 9.47 Å². The first-order valence-electron chi connectivity index (χ1n) is 9.73. The van der Waals surface area contributed by atoms with Crippen LogP contribution in [0, 0.1) is 13.8 Å². The molecular formula is C23H24N2O4S. The molecule has 30 heavy (non-hydrogen) atoms. The third-order valence-corrected chi connectivity index (χ3v) is 4.73. The van der Waals surface area contributed by atoms with Crippen LogP contribution >= 0.6 is 12.2 Å². The Balaban J connectivity index is 2.01. The van der Waals surface area contributed by atoms with Gasteiger partial charge in [-0.05, 0) is 86.9 Å². The Bertz CT molecular complexity index is 1030. The largest absolute Gasteiger partial charge is 0.490 e. The molecule has 1 aliphatic heterocycles. The number of carbonyl (C=O) groups excluding carboxylic acids is 2. The average Bonchev–Trinajstić information content (AvgIpc) is 2.66. The van der Waals surface area contributed by atoms with E-state index in [0.29, 0.717) is 36.0 Å². The van der Waals surface area contributed by atoms with Crippen molar-refractivity contribution in [3.63, 3.8) is 0 Å². The van der Waals surface area contributed by atoms with Crippen molar-refractivity contribution in [1.29, 1.82) is 0 Å². The van der Waals surface area contributed by atoms with Gasteiger partial charge in [-0.15, -0.1) is 0 Å². The number of anilines is 1. The lowest BCUT2D eigenvalue weighted by atomic mass is 10.1. The van der Waals surface area contributed by atoms with E-state index in [-0.39, 0.29) is 10.7 Å². The second-order valence-corrected chi connectivity index (χ2v) is 7.26. The first-order chi connectivity index (χ1) is 14.3. The van der Waals surface area contributed by atoms with Crippen molar-refractivity contribution in [3.8, 4) is 11.5 Å². The Labute approximate surface area is 181 Å². The van der Waals surface area contributed by atoms with E-state index in [1.807, 2.05) is 45.9 Å². The van der Waals surface area contributed by atoms with Gasteiger partial charge in [0.2, 0.25) is 0 Å². The molecule has 0 saturated carbocycles. The number of hydrogen-bond acceptors (Lipinski definition) is 5. The van der Waals surface area contributed by atoms with Gasteiger partial charge in [0.25, 0.3) is 11.8 Å². The standard InChI is InChI=1S/C23H24N2O4S/c1-5-28-19-8-7-16(13-20(19)29-6-2)12-18-21(26)24-23(30)25(22(18)27)17-10-14(3)9-15(4)11-17/h7-13H,5-6H2,1-4H3,(H,24,26,30)/b18-12+. The van der Waals surface area contributed by atoms with Gasteiger partial charge in [0, 0.05) is 0 Å². The van der Waals surface area contributed by atoms with Crippen LogP contribution in [0.1, 0.15) is 30.5 Å². The molecule has 1 aliphatic rings. The fraction of sp³-hybridized carbons (Fsp3) is 0.261. The number of nitrogens with zero attached hydrogens (tertiary/aromatic N) is 1. The molecule has 7 heteroatoms. The van der Waals surface area contributed by atoms with Crippen molar-refractivity contribution in [2.45, 2.75) is 27.7 Å². The Morgan fingerprint density at radius 2 is 1.60 bits per heavy atom. The van der Waals surface area contributed by atoms with Gasteiger partial charge in [0.1, 0.15) is 5.57 Å². The lowest BCUT2D eigenvalue weighted by molar-refractivity contribution is -0.122. The maximum Gasteiger partial charge on any atom is 0.270 e. The van der Waals surface area contributed by atoms with Crippen LogP contribution in [-0.2, 0) is 9.59 Å². The predicted octanol–water partition coefficient (Wildman–Crippen LogP) is 3.93. The molecule has 0 bridgehead atoms.